The molecular weight excluding hydrogens is 381 g/mol. The van der Waals surface area contributed by atoms with Crippen LogP contribution in [0.3, 0.4) is 0 Å². The first kappa shape index (κ1) is 18.4. The van der Waals surface area contributed by atoms with E-state index in [1.807, 2.05) is 12.1 Å². The third-order valence-corrected chi connectivity index (χ3v) is 4.87. The monoisotopic (exact) mass is 395 g/mol. The Labute approximate surface area is 156 Å². The Morgan fingerprint density at radius 3 is 2.77 bits per heavy atom. The Kier molecular flexibility index (Phi) is 5.26. The van der Waals surface area contributed by atoms with E-state index in [2.05, 4.69) is 9.71 Å². The second kappa shape index (κ2) is 7.45. The number of nitrogens with one attached hydrogen (secondary N) is 2. The molecule has 1 unspecified atom stereocenters. The summed E-state index contributed by atoms with van der Waals surface area (Å²) in [6.07, 6.45) is 1.76. The van der Waals surface area contributed by atoms with Crippen molar-refractivity contribution < 1.29 is 18.1 Å². The van der Waals surface area contributed by atoms with Crippen molar-refractivity contribution in [3.63, 3.8) is 0 Å². The Morgan fingerprint density at radius 1 is 1.27 bits per heavy atom. The number of ether oxygens (including phenoxy) is 1. The molecule has 3 aromatic rings. The number of aromatic nitrogens is 1. The molecule has 0 saturated heterocycles. The summed E-state index contributed by atoms with van der Waals surface area (Å²) in [5.74, 6) is -1.10. The van der Waals surface area contributed by atoms with E-state index in [1.54, 1.807) is 18.3 Å². The summed E-state index contributed by atoms with van der Waals surface area (Å²) >= 11 is 4.38. The van der Waals surface area contributed by atoms with Crippen LogP contribution >= 0.6 is 11.6 Å². The van der Waals surface area contributed by atoms with Gasteiger partial charge in [0.15, 0.2) is 11.2 Å². The van der Waals surface area contributed by atoms with E-state index in [1.165, 1.54) is 18.4 Å². The zero-order chi connectivity index (χ0) is 18.8. The molecule has 1 aromatic heterocycles. The van der Waals surface area contributed by atoms with E-state index in [0.29, 0.717) is 5.75 Å². The lowest BCUT2D eigenvalue weighted by Crippen LogP contribution is -2.34. The normalized spacial score (nSPS) is 12.3. The Hall–Kier alpha value is -2.42. The van der Waals surface area contributed by atoms with Gasteiger partial charge in [-0.2, -0.15) is 0 Å². The quantitative estimate of drug-likeness (QED) is 0.692. The molecule has 1 atom stereocenters. The fourth-order valence-electron chi connectivity index (χ4n) is 2.27. The Balaban J connectivity index is 1.89. The first-order valence-corrected chi connectivity index (χ1v) is 8.98. The molecular formula is C17H15ClFN3O3S. The number of rotatable bonds is 5. The van der Waals surface area contributed by atoms with E-state index in [9.17, 15) is 13.4 Å². The molecule has 136 valence electrons. The molecule has 0 bridgehead atoms. The molecule has 1 amide bonds. The summed E-state index contributed by atoms with van der Waals surface area (Å²) in [7, 11) is 3.02. The van der Waals surface area contributed by atoms with Gasteiger partial charge in [-0.05, 0) is 24.3 Å². The number of carbonyl (C=O) groups is 1. The van der Waals surface area contributed by atoms with Gasteiger partial charge in [-0.15, -0.1) is 0 Å². The largest absolute Gasteiger partial charge is 0.455 e. The predicted octanol–water partition coefficient (Wildman–Crippen LogP) is 3.62. The summed E-state index contributed by atoms with van der Waals surface area (Å²) < 4.78 is 35.2. The number of H-pyrrole nitrogens is 1. The van der Waals surface area contributed by atoms with Gasteiger partial charge in [-0.25, -0.2) is 12.9 Å². The van der Waals surface area contributed by atoms with Crippen molar-refractivity contribution in [1.82, 2.24) is 14.0 Å². The van der Waals surface area contributed by atoms with Crippen LogP contribution in [0, 0.1) is 5.82 Å². The first-order valence-electron chi connectivity index (χ1n) is 7.50. The van der Waals surface area contributed by atoms with Crippen molar-refractivity contribution in [3.8, 4) is 11.5 Å². The van der Waals surface area contributed by atoms with E-state index >= 15 is 0 Å². The summed E-state index contributed by atoms with van der Waals surface area (Å²) in [6.45, 7) is 0. The van der Waals surface area contributed by atoms with Crippen LogP contribution in [0.25, 0.3) is 10.9 Å². The van der Waals surface area contributed by atoms with Gasteiger partial charge in [-0.1, -0.05) is 17.7 Å². The van der Waals surface area contributed by atoms with Gasteiger partial charge >= 0.3 is 0 Å². The van der Waals surface area contributed by atoms with Crippen LogP contribution in [0.2, 0.25) is 5.02 Å². The van der Waals surface area contributed by atoms with Crippen LogP contribution in [0.5, 0.6) is 11.5 Å². The highest BCUT2D eigenvalue weighted by molar-refractivity contribution is 7.81. The average molecular weight is 396 g/mol. The molecule has 9 heteroatoms. The summed E-state index contributed by atoms with van der Waals surface area (Å²) in [5, 5.41) is 0.867. The average Bonchev–Trinajstić information content (AvgIpc) is 3.07. The number of benzene rings is 2. The zero-order valence-corrected chi connectivity index (χ0v) is 15.5. The lowest BCUT2D eigenvalue weighted by molar-refractivity contribution is 0.0977. The molecule has 6 nitrogen and oxygen atoms in total. The summed E-state index contributed by atoms with van der Waals surface area (Å²) in [4.78, 5) is 15.1. The second-order valence-corrected chi connectivity index (χ2v) is 7.39. The minimum absolute atomic E-state index is 0.0553. The lowest BCUT2D eigenvalue weighted by Gasteiger charge is -2.13. The molecule has 0 aliphatic heterocycles. The van der Waals surface area contributed by atoms with Crippen LogP contribution in [-0.4, -0.2) is 33.5 Å². The number of hydrogen-bond acceptors (Lipinski definition) is 3. The number of fused-ring (bicyclic) bond motifs is 1. The molecule has 26 heavy (non-hydrogen) atoms. The maximum absolute atomic E-state index is 14.4. The second-order valence-electron chi connectivity index (χ2n) is 5.55. The standard InChI is InChI=1S/C17H15ClFN3O3S/c1-22(2)26(24)21-17(23)11-8-12(18)16(9-13(11)19)25-15-5-3-4-14-10(15)6-7-20-14/h3-9,20H,1-2H3,(H,21,23). The van der Waals surface area contributed by atoms with E-state index in [4.69, 9.17) is 16.3 Å². The van der Waals surface area contributed by atoms with Gasteiger partial charge in [0.2, 0.25) is 0 Å². The van der Waals surface area contributed by atoms with Crippen LogP contribution < -0.4 is 9.46 Å². The SMILES string of the molecule is CN(C)S(=O)NC(=O)c1cc(Cl)c(Oc2cccc3[nH]ccc23)cc1F. The third-order valence-electron chi connectivity index (χ3n) is 3.55. The van der Waals surface area contributed by atoms with E-state index in [0.717, 1.165) is 23.0 Å². The lowest BCUT2D eigenvalue weighted by atomic mass is 10.2. The Morgan fingerprint density at radius 2 is 2.04 bits per heavy atom. The highest BCUT2D eigenvalue weighted by atomic mass is 35.5. The maximum Gasteiger partial charge on any atom is 0.266 e. The number of hydrogen-bond donors (Lipinski definition) is 2. The molecule has 0 aliphatic carbocycles. The van der Waals surface area contributed by atoms with Crippen LogP contribution in [0.15, 0.2) is 42.6 Å². The fraction of sp³-hybridized carbons (Fsp3) is 0.118. The summed E-state index contributed by atoms with van der Waals surface area (Å²) in [5.41, 5.74) is 0.540. The van der Waals surface area contributed by atoms with Gasteiger partial charge in [0.05, 0.1) is 10.6 Å². The molecule has 0 saturated carbocycles. The molecule has 0 spiro atoms. The van der Waals surface area contributed by atoms with Crippen molar-refractivity contribution in [2.45, 2.75) is 0 Å². The van der Waals surface area contributed by atoms with Gasteiger partial charge in [0.1, 0.15) is 17.3 Å². The number of amides is 1. The molecule has 3 rings (SSSR count). The number of aromatic amines is 1. The molecule has 0 aliphatic rings. The van der Waals surface area contributed by atoms with Crippen LogP contribution in [0.4, 0.5) is 4.39 Å². The predicted molar refractivity (Wildman–Crippen MR) is 99.1 cm³/mol. The van der Waals surface area contributed by atoms with Crippen molar-refractivity contribution in [1.29, 1.82) is 0 Å². The molecule has 2 N–H and O–H groups in total. The molecule has 0 fully saturated rings. The fourth-order valence-corrected chi connectivity index (χ4v) is 2.92. The van der Waals surface area contributed by atoms with Crippen LogP contribution in [-0.2, 0) is 11.2 Å². The summed E-state index contributed by atoms with van der Waals surface area (Å²) in [6, 6.07) is 9.39. The minimum atomic E-state index is -1.78. The molecule has 1 heterocycles. The highest BCUT2D eigenvalue weighted by Gasteiger charge is 2.19. The van der Waals surface area contributed by atoms with E-state index in [-0.39, 0.29) is 16.3 Å². The highest BCUT2D eigenvalue weighted by Crippen LogP contribution is 2.35. The van der Waals surface area contributed by atoms with Crippen molar-refractivity contribution in [2.24, 2.45) is 0 Å². The first-order chi connectivity index (χ1) is 12.4. The molecule has 2 aromatic carbocycles. The van der Waals surface area contributed by atoms with Crippen molar-refractivity contribution >= 4 is 39.6 Å². The van der Waals surface area contributed by atoms with Crippen molar-refractivity contribution in [3.05, 3.63) is 59.0 Å². The van der Waals surface area contributed by atoms with E-state index < -0.39 is 22.9 Å². The van der Waals surface area contributed by atoms with Gasteiger partial charge < -0.3 is 9.72 Å². The third kappa shape index (κ3) is 3.72. The minimum Gasteiger partial charge on any atom is -0.455 e. The number of halogens is 2. The number of carbonyl (C=O) groups excluding carboxylic acids is 1. The number of nitrogens with zero attached hydrogens (tertiary/aromatic N) is 1. The smallest absolute Gasteiger partial charge is 0.266 e. The topological polar surface area (TPSA) is 74.4 Å². The Bertz CT molecular complexity index is 1010. The molecule has 0 radical (unpaired) electrons. The van der Waals surface area contributed by atoms with Crippen molar-refractivity contribution in [2.75, 3.05) is 14.1 Å². The maximum atomic E-state index is 14.4. The van der Waals surface area contributed by atoms with Gasteiger partial charge in [0.25, 0.3) is 5.91 Å². The van der Waals surface area contributed by atoms with Gasteiger partial charge in [0, 0.05) is 37.3 Å². The van der Waals surface area contributed by atoms with Gasteiger partial charge in [-0.3, -0.25) is 9.52 Å². The van der Waals surface area contributed by atoms with Crippen LogP contribution in [0.1, 0.15) is 10.4 Å². The zero-order valence-electron chi connectivity index (χ0n) is 13.9.